The smallest absolute Gasteiger partial charge is 0.287 e. The first kappa shape index (κ1) is 26.7. The van der Waals surface area contributed by atoms with Crippen LogP contribution in [0.5, 0.6) is 5.75 Å². The molecule has 0 aliphatic carbocycles. The van der Waals surface area contributed by atoms with Gasteiger partial charge in [0.25, 0.3) is 11.8 Å². The molecule has 174 valence electrons. The summed E-state index contributed by atoms with van der Waals surface area (Å²) in [5.74, 6) is 0.470. The standard InChI is InChI=1S/C22H27N3O5.C2H6/c1-16-7-5-4-6-8-18(15-25(2)3)20(30-16)22(27)23-13-14-29-19-11-9-17(10-12-19)21(26)24-28;1-2/h4-12,28H,13-15H2,1-3H3,(H,23,27)(H,24,26);1-2H3. The minimum atomic E-state index is -0.598. The van der Waals surface area contributed by atoms with E-state index in [1.165, 1.54) is 12.1 Å². The average Bonchev–Trinajstić information content (AvgIpc) is 2.88. The normalized spacial score (nSPS) is 9.84. The van der Waals surface area contributed by atoms with Crippen molar-refractivity contribution in [1.29, 1.82) is 0 Å². The SMILES string of the molecule is CC.Cc1cccccc(CN(C)C)c(C(=O)NCCOc2ccc(C(=O)NO)cc2)o1. The van der Waals surface area contributed by atoms with Gasteiger partial charge in [0.05, 0.1) is 6.54 Å². The maximum Gasteiger partial charge on any atom is 0.287 e. The van der Waals surface area contributed by atoms with Crippen LogP contribution in [0.15, 0.2) is 59.0 Å². The van der Waals surface area contributed by atoms with Crippen molar-refractivity contribution in [1.82, 2.24) is 15.7 Å². The second-order valence-electron chi connectivity index (χ2n) is 6.79. The zero-order valence-electron chi connectivity index (χ0n) is 19.3. The van der Waals surface area contributed by atoms with Crippen LogP contribution >= 0.6 is 0 Å². The largest absolute Gasteiger partial charge is 0.492 e. The number of hydrogen-bond acceptors (Lipinski definition) is 6. The van der Waals surface area contributed by atoms with E-state index in [-0.39, 0.29) is 24.8 Å². The number of nitrogens with zero attached hydrogens (tertiary/aromatic N) is 1. The molecule has 0 saturated heterocycles. The summed E-state index contributed by atoms with van der Waals surface area (Å²) in [4.78, 5) is 26.0. The highest BCUT2D eigenvalue weighted by atomic mass is 16.5. The Morgan fingerprint density at radius 3 is 2.28 bits per heavy atom. The summed E-state index contributed by atoms with van der Waals surface area (Å²) >= 11 is 0. The Labute approximate surface area is 189 Å². The van der Waals surface area contributed by atoms with Crippen molar-refractivity contribution in [3.63, 3.8) is 0 Å². The maximum absolute atomic E-state index is 12.8. The van der Waals surface area contributed by atoms with Gasteiger partial charge in [0.15, 0.2) is 5.76 Å². The molecule has 1 aromatic carbocycles. The Morgan fingerprint density at radius 2 is 1.66 bits per heavy atom. The van der Waals surface area contributed by atoms with Crippen LogP contribution < -0.4 is 15.5 Å². The predicted octanol–water partition coefficient (Wildman–Crippen LogP) is 3.73. The Bertz CT molecular complexity index is 906. The molecule has 0 aliphatic heterocycles. The highest BCUT2D eigenvalue weighted by Crippen LogP contribution is 2.13. The van der Waals surface area contributed by atoms with Crippen molar-refractivity contribution >= 4 is 11.8 Å². The zero-order valence-corrected chi connectivity index (χ0v) is 19.3. The Balaban J connectivity index is 0.00000249. The second-order valence-corrected chi connectivity index (χ2v) is 6.79. The first-order valence-electron chi connectivity index (χ1n) is 10.4. The molecular formula is C24H33N3O5. The lowest BCUT2D eigenvalue weighted by Crippen LogP contribution is -2.29. The summed E-state index contributed by atoms with van der Waals surface area (Å²) in [6, 6.07) is 15.5. The number of hydrogen-bond donors (Lipinski definition) is 3. The Hall–Kier alpha value is -3.36. The fraction of sp³-hybridized carbons (Fsp3) is 0.333. The molecule has 0 saturated carbocycles. The van der Waals surface area contributed by atoms with Gasteiger partial charge in [-0.25, -0.2) is 5.48 Å². The minimum absolute atomic E-state index is 0.236. The van der Waals surface area contributed by atoms with E-state index < -0.39 is 5.91 Å². The number of ether oxygens (including phenoxy) is 1. The van der Waals surface area contributed by atoms with Gasteiger partial charge in [-0.2, -0.15) is 0 Å². The third-order valence-electron chi connectivity index (χ3n) is 3.97. The highest BCUT2D eigenvalue weighted by Gasteiger charge is 2.14. The molecular weight excluding hydrogens is 410 g/mol. The lowest BCUT2D eigenvalue weighted by molar-refractivity contribution is 0.0706. The summed E-state index contributed by atoms with van der Waals surface area (Å²) in [7, 11) is 3.84. The van der Waals surface area contributed by atoms with Gasteiger partial charge in [-0.05, 0) is 51.4 Å². The summed E-state index contributed by atoms with van der Waals surface area (Å²) < 4.78 is 11.4. The number of amides is 2. The van der Waals surface area contributed by atoms with Crippen molar-refractivity contribution in [2.24, 2.45) is 0 Å². The van der Waals surface area contributed by atoms with Crippen molar-refractivity contribution in [3.05, 3.63) is 77.2 Å². The molecule has 1 heterocycles. The molecule has 0 spiro atoms. The van der Waals surface area contributed by atoms with Gasteiger partial charge in [-0.3, -0.25) is 14.8 Å². The number of nitrogens with one attached hydrogen (secondary N) is 2. The number of hydroxylamine groups is 1. The first-order valence-corrected chi connectivity index (χ1v) is 10.4. The quantitative estimate of drug-likeness (QED) is 0.326. The van der Waals surface area contributed by atoms with Gasteiger partial charge in [0.1, 0.15) is 18.1 Å². The van der Waals surface area contributed by atoms with Crippen LogP contribution in [0.1, 0.15) is 46.1 Å². The van der Waals surface area contributed by atoms with Crippen LogP contribution in [-0.2, 0) is 6.54 Å². The Morgan fingerprint density at radius 1 is 1.00 bits per heavy atom. The van der Waals surface area contributed by atoms with E-state index in [0.717, 1.165) is 5.56 Å². The van der Waals surface area contributed by atoms with Gasteiger partial charge in [0.2, 0.25) is 0 Å². The highest BCUT2D eigenvalue weighted by molar-refractivity contribution is 5.93. The van der Waals surface area contributed by atoms with Gasteiger partial charge in [-0.15, -0.1) is 0 Å². The zero-order chi connectivity index (χ0) is 23.9. The molecule has 0 fully saturated rings. The predicted molar refractivity (Wildman–Crippen MR) is 123 cm³/mol. The Kier molecular flexibility index (Phi) is 12.2. The molecule has 8 nitrogen and oxygen atoms in total. The average molecular weight is 444 g/mol. The van der Waals surface area contributed by atoms with E-state index in [1.54, 1.807) is 30.6 Å². The van der Waals surface area contributed by atoms with Crippen molar-refractivity contribution < 1.29 is 24.0 Å². The van der Waals surface area contributed by atoms with Gasteiger partial charge in [-0.1, -0.05) is 38.1 Å². The van der Waals surface area contributed by atoms with Crippen LogP contribution in [0.2, 0.25) is 0 Å². The minimum Gasteiger partial charge on any atom is -0.492 e. The van der Waals surface area contributed by atoms with Crippen LogP contribution in [0.4, 0.5) is 0 Å². The third kappa shape index (κ3) is 9.20. The summed E-state index contributed by atoms with van der Waals surface area (Å²) in [6.45, 7) is 6.84. The van der Waals surface area contributed by atoms with Gasteiger partial charge in [0, 0.05) is 17.7 Å². The molecule has 2 aromatic rings. The monoisotopic (exact) mass is 443 g/mol. The summed E-state index contributed by atoms with van der Waals surface area (Å²) in [5, 5.41) is 11.4. The number of carbonyl (C=O) groups is 2. The number of carbonyl (C=O) groups excluding carboxylic acids is 2. The molecule has 0 atom stereocenters. The van der Waals surface area contributed by atoms with Crippen LogP contribution in [0.25, 0.3) is 0 Å². The van der Waals surface area contributed by atoms with Gasteiger partial charge >= 0.3 is 0 Å². The topological polar surface area (TPSA) is 104 Å². The second kappa shape index (κ2) is 14.6. The van der Waals surface area contributed by atoms with Crippen LogP contribution in [0, 0.1) is 6.92 Å². The molecule has 2 rings (SSSR count). The summed E-state index contributed by atoms with van der Waals surface area (Å²) in [6.07, 6.45) is 0. The van der Waals surface area contributed by atoms with E-state index in [1.807, 2.05) is 57.1 Å². The molecule has 2 amide bonds. The fourth-order valence-electron chi connectivity index (χ4n) is 2.60. The maximum atomic E-state index is 12.8. The number of benzene rings is 1. The summed E-state index contributed by atoms with van der Waals surface area (Å²) in [5.41, 5.74) is 2.64. The van der Waals surface area contributed by atoms with Gasteiger partial charge < -0.3 is 19.4 Å². The molecule has 3 N–H and O–H groups in total. The molecule has 0 aliphatic rings. The lowest BCUT2D eigenvalue weighted by atomic mass is 10.2. The molecule has 0 bridgehead atoms. The van der Waals surface area contributed by atoms with E-state index in [0.29, 0.717) is 23.6 Å². The molecule has 0 unspecified atom stereocenters. The molecule has 32 heavy (non-hydrogen) atoms. The van der Waals surface area contributed by atoms with E-state index >= 15 is 0 Å². The van der Waals surface area contributed by atoms with E-state index in [9.17, 15) is 9.59 Å². The molecule has 8 heteroatoms. The molecule has 0 radical (unpaired) electrons. The number of aryl methyl sites for hydroxylation is 1. The lowest BCUT2D eigenvalue weighted by Gasteiger charge is -2.12. The fourth-order valence-corrected chi connectivity index (χ4v) is 2.60. The first-order chi connectivity index (χ1) is 15.4. The van der Waals surface area contributed by atoms with Crippen molar-refractivity contribution in [3.8, 4) is 5.75 Å². The van der Waals surface area contributed by atoms with Crippen LogP contribution in [0.3, 0.4) is 0 Å². The number of rotatable bonds is 8. The third-order valence-corrected chi connectivity index (χ3v) is 3.97. The van der Waals surface area contributed by atoms with E-state index in [4.69, 9.17) is 14.4 Å². The van der Waals surface area contributed by atoms with Crippen molar-refractivity contribution in [2.45, 2.75) is 27.3 Å². The molecule has 1 aromatic heterocycles. The van der Waals surface area contributed by atoms with Crippen LogP contribution in [-0.4, -0.2) is 49.2 Å². The van der Waals surface area contributed by atoms with E-state index in [2.05, 4.69) is 5.32 Å². The van der Waals surface area contributed by atoms with Crippen molar-refractivity contribution in [2.75, 3.05) is 27.2 Å².